The van der Waals surface area contributed by atoms with Crippen molar-refractivity contribution in [2.45, 2.75) is 32.9 Å². The number of piperazine rings is 1. The van der Waals surface area contributed by atoms with Crippen molar-refractivity contribution in [3.05, 3.63) is 59.4 Å². The molecule has 0 atom stereocenters. The Morgan fingerprint density at radius 3 is 2.35 bits per heavy atom. The van der Waals surface area contributed by atoms with Gasteiger partial charge in [-0.15, -0.1) is 0 Å². The van der Waals surface area contributed by atoms with Crippen LogP contribution in [0, 0.1) is 6.92 Å². The highest BCUT2D eigenvalue weighted by Gasteiger charge is 2.16. The van der Waals surface area contributed by atoms with Crippen molar-refractivity contribution in [2.24, 2.45) is 5.73 Å². The van der Waals surface area contributed by atoms with E-state index in [-0.39, 0.29) is 0 Å². The molecule has 0 saturated carbocycles. The van der Waals surface area contributed by atoms with Gasteiger partial charge in [-0.1, -0.05) is 18.2 Å². The highest BCUT2D eigenvalue weighted by atomic mass is 16.5. The zero-order valence-electron chi connectivity index (χ0n) is 19.3. The van der Waals surface area contributed by atoms with Crippen LogP contribution in [-0.2, 0) is 13.1 Å². The standard InChI is InChI=1S/C25H39N5O/c1-22-7-3-9-24(27-22)21-30(20-23-8-4-10-25(19-23)31-2)14-6-13-29-17-15-28(16-18-29)12-5-11-26/h3-4,7-10,19H,5-6,11-18,20-21,26H2,1-2H3. The molecule has 170 valence electrons. The fourth-order valence-corrected chi connectivity index (χ4v) is 4.23. The van der Waals surface area contributed by atoms with Crippen molar-refractivity contribution in [3.63, 3.8) is 0 Å². The summed E-state index contributed by atoms with van der Waals surface area (Å²) in [6, 6.07) is 14.7. The number of nitrogens with two attached hydrogens (primary N) is 1. The first kappa shape index (κ1) is 23.7. The van der Waals surface area contributed by atoms with E-state index in [4.69, 9.17) is 15.5 Å². The SMILES string of the molecule is COc1cccc(CN(CCCN2CCN(CCCN)CC2)Cc2cccc(C)n2)c1. The first-order valence-electron chi connectivity index (χ1n) is 11.6. The van der Waals surface area contributed by atoms with Gasteiger partial charge in [-0.25, -0.2) is 0 Å². The van der Waals surface area contributed by atoms with Crippen LogP contribution in [-0.4, -0.2) is 79.2 Å². The molecule has 6 heteroatoms. The summed E-state index contributed by atoms with van der Waals surface area (Å²) < 4.78 is 5.42. The van der Waals surface area contributed by atoms with Crippen LogP contribution in [0.2, 0.25) is 0 Å². The molecule has 0 unspecified atom stereocenters. The lowest BCUT2D eigenvalue weighted by molar-refractivity contribution is 0.125. The summed E-state index contributed by atoms with van der Waals surface area (Å²) in [7, 11) is 1.73. The second kappa shape index (κ2) is 12.8. The molecule has 0 radical (unpaired) electrons. The molecule has 1 aromatic heterocycles. The molecule has 2 N–H and O–H groups in total. The molecule has 1 saturated heterocycles. The van der Waals surface area contributed by atoms with E-state index in [0.29, 0.717) is 0 Å². The molecule has 2 heterocycles. The second-order valence-corrected chi connectivity index (χ2v) is 8.51. The number of hydrogen-bond donors (Lipinski definition) is 1. The maximum absolute atomic E-state index is 5.65. The second-order valence-electron chi connectivity index (χ2n) is 8.51. The normalized spacial score (nSPS) is 15.5. The molecule has 2 aromatic rings. The highest BCUT2D eigenvalue weighted by Crippen LogP contribution is 2.16. The molecule has 6 nitrogen and oxygen atoms in total. The Balaban J connectivity index is 1.52. The van der Waals surface area contributed by atoms with Gasteiger partial charge in [0.1, 0.15) is 5.75 Å². The van der Waals surface area contributed by atoms with Gasteiger partial charge in [0.15, 0.2) is 0 Å². The monoisotopic (exact) mass is 425 g/mol. The van der Waals surface area contributed by atoms with Crippen LogP contribution in [0.25, 0.3) is 0 Å². The minimum atomic E-state index is 0.791. The molecule has 1 aromatic carbocycles. The number of ether oxygens (including phenoxy) is 1. The van der Waals surface area contributed by atoms with Crippen LogP contribution in [0.3, 0.4) is 0 Å². The van der Waals surface area contributed by atoms with Gasteiger partial charge >= 0.3 is 0 Å². The number of benzene rings is 1. The van der Waals surface area contributed by atoms with E-state index in [1.165, 1.54) is 38.2 Å². The van der Waals surface area contributed by atoms with Crippen LogP contribution in [0.5, 0.6) is 5.75 Å². The lowest BCUT2D eigenvalue weighted by atomic mass is 10.2. The first-order chi connectivity index (χ1) is 15.2. The topological polar surface area (TPSA) is 57.9 Å². The quantitative estimate of drug-likeness (QED) is 0.564. The predicted molar refractivity (Wildman–Crippen MR) is 127 cm³/mol. The summed E-state index contributed by atoms with van der Waals surface area (Å²) in [4.78, 5) is 12.4. The molecule has 1 aliphatic rings. The average molecular weight is 426 g/mol. The van der Waals surface area contributed by atoms with E-state index < -0.39 is 0 Å². The maximum atomic E-state index is 5.65. The van der Waals surface area contributed by atoms with Gasteiger partial charge in [-0.3, -0.25) is 9.88 Å². The third kappa shape index (κ3) is 8.22. The van der Waals surface area contributed by atoms with Crippen LogP contribution < -0.4 is 10.5 Å². The summed E-state index contributed by atoms with van der Waals surface area (Å²) in [5, 5.41) is 0. The third-order valence-electron chi connectivity index (χ3n) is 5.96. The Kier molecular flexibility index (Phi) is 9.75. The zero-order chi connectivity index (χ0) is 21.9. The van der Waals surface area contributed by atoms with Gasteiger partial charge in [0.05, 0.1) is 12.8 Å². The Morgan fingerprint density at radius 1 is 0.968 bits per heavy atom. The van der Waals surface area contributed by atoms with Crippen molar-refractivity contribution in [1.82, 2.24) is 19.7 Å². The minimum absolute atomic E-state index is 0.791. The van der Waals surface area contributed by atoms with Gasteiger partial charge in [-0.2, -0.15) is 0 Å². The molecule has 0 bridgehead atoms. The largest absolute Gasteiger partial charge is 0.497 e. The lowest BCUT2D eigenvalue weighted by Gasteiger charge is -2.35. The summed E-state index contributed by atoms with van der Waals surface area (Å²) in [6.07, 6.45) is 2.27. The molecule has 0 spiro atoms. The van der Waals surface area contributed by atoms with Crippen LogP contribution in [0.4, 0.5) is 0 Å². The smallest absolute Gasteiger partial charge is 0.119 e. The zero-order valence-corrected chi connectivity index (χ0v) is 19.3. The van der Waals surface area contributed by atoms with Crippen molar-refractivity contribution < 1.29 is 4.74 Å². The minimum Gasteiger partial charge on any atom is -0.497 e. The fourth-order valence-electron chi connectivity index (χ4n) is 4.23. The number of pyridine rings is 1. The molecular formula is C25H39N5O. The van der Waals surface area contributed by atoms with Crippen molar-refractivity contribution in [2.75, 3.05) is 59.5 Å². The van der Waals surface area contributed by atoms with Gasteiger partial charge in [0, 0.05) is 51.5 Å². The van der Waals surface area contributed by atoms with E-state index in [1.807, 2.05) is 6.07 Å². The van der Waals surface area contributed by atoms with E-state index in [0.717, 1.165) is 62.8 Å². The molecular weight excluding hydrogens is 386 g/mol. The van der Waals surface area contributed by atoms with Gasteiger partial charge in [-0.05, 0) is 69.2 Å². The first-order valence-corrected chi connectivity index (χ1v) is 11.6. The number of hydrogen-bond acceptors (Lipinski definition) is 6. The Labute approximate surface area is 188 Å². The highest BCUT2D eigenvalue weighted by molar-refractivity contribution is 5.28. The molecule has 1 fully saturated rings. The number of nitrogens with zero attached hydrogens (tertiary/aromatic N) is 4. The van der Waals surface area contributed by atoms with Crippen molar-refractivity contribution in [1.29, 1.82) is 0 Å². The molecule has 1 aliphatic heterocycles. The lowest BCUT2D eigenvalue weighted by Crippen LogP contribution is -2.47. The molecule has 31 heavy (non-hydrogen) atoms. The van der Waals surface area contributed by atoms with Crippen molar-refractivity contribution >= 4 is 0 Å². The Hall–Kier alpha value is -1.99. The maximum Gasteiger partial charge on any atom is 0.119 e. The van der Waals surface area contributed by atoms with Crippen molar-refractivity contribution in [3.8, 4) is 5.75 Å². The summed E-state index contributed by atoms with van der Waals surface area (Å²) in [5.41, 5.74) is 9.14. The van der Waals surface area contributed by atoms with E-state index in [1.54, 1.807) is 7.11 Å². The van der Waals surface area contributed by atoms with Crippen LogP contribution in [0.1, 0.15) is 29.8 Å². The van der Waals surface area contributed by atoms with E-state index in [2.05, 4.69) is 58.0 Å². The molecule has 3 rings (SSSR count). The summed E-state index contributed by atoms with van der Waals surface area (Å²) >= 11 is 0. The Morgan fingerprint density at radius 2 is 1.68 bits per heavy atom. The third-order valence-corrected chi connectivity index (χ3v) is 5.96. The number of aromatic nitrogens is 1. The number of rotatable bonds is 12. The summed E-state index contributed by atoms with van der Waals surface area (Å²) in [5.74, 6) is 0.915. The van der Waals surface area contributed by atoms with E-state index >= 15 is 0 Å². The summed E-state index contributed by atoms with van der Waals surface area (Å²) in [6.45, 7) is 12.6. The molecule has 0 aliphatic carbocycles. The van der Waals surface area contributed by atoms with Crippen LogP contribution >= 0.6 is 0 Å². The predicted octanol–water partition coefficient (Wildman–Crippen LogP) is 2.76. The number of aryl methyl sites for hydroxylation is 1. The van der Waals surface area contributed by atoms with Gasteiger partial charge < -0.3 is 20.3 Å². The molecule has 0 amide bonds. The number of methoxy groups -OCH3 is 1. The van der Waals surface area contributed by atoms with Gasteiger partial charge in [0.2, 0.25) is 0 Å². The van der Waals surface area contributed by atoms with Crippen LogP contribution in [0.15, 0.2) is 42.5 Å². The Bertz CT molecular complexity index is 776. The average Bonchev–Trinajstić information content (AvgIpc) is 2.78. The fraction of sp³-hybridized carbons (Fsp3) is 0.560. The van der Waals surface area contributed by atoms with E-state index in [9.17, 15) is 0 Å². The van der Waals surface area contributed by atoms with Gasteiger partial charge in [0.25, 0.3) is 0 Å².